The Kier molecular flexibility index (Phi) is 10.7. The van der Waals surface area contributed by atoms with E-state index >= 15 is 0 Å². The number of ether oxygens (including phenoxy) is 1. The zero-order valence-electron chi connectivity index (χ0n) is 21.6. The molecular formula is C23H19F4N5O10S2. The summed E-state index contributed by atoms with van der Waals surface area (Å²) >= 11 is 2.21. The number of fused-ring (bicyclic) bond motifs is 1. The van der Waals surface area contributed by atoms with Gasteiger partial charge in [0.2, 0.25) is 6.61 Å². The molecule has 0 aliphatic carbocycles. The van der Waals surface area contributed by atoms with Crippen LogP contribution >= 0.6 is 23.1 Å². The van der Waals surface area contributed by atoms with Crippen LogP contribution in [0, 0.1) is 5.82 Å². The number of aromatic nitrogens is 1. The second-order valence-corrected chi connectivity index (χ2v) is 10.3. The molecule has 0 saturated carbocycles. The molecule has 6 N–H and O–H groups in total. The molecule has 3 heterocycles. The molecule has 236 valence electrons. The topological polar surface area (TPSA) is 231 Å². The molecule has 44 heavy (non-hydrogen) atoms. The number of nitrogens with zero attached hydrogens (tertiary/aromatic N) is 3. The summed E-state index contributed by atoms with van der Waals surface area (Å²) < 4.78 is 50.6. The highest BCUT2D eigenvalue weighted by Crippen LogP contribution is 2.40. The SMILES string of the molecule is Nc1nc(/C(=N\OCC(=O)O)C(=O)NC2C(=O)N3C(C(=O)O)=C(COc4cccc(F)c4)CS[C@H]23)cs1.O=C(O)C(F)(F)F. The van der Waals surface area contributed by atoms with E-state index in [1.165, 1.54) is 35.3 Å². The number of thioether (sulfide) groups is 1. The van der Waals surface area contributed by atoms with Crippen LogP contribution in [0.4, 0.5) is 22.7 Å². The fourth-order valence-electron chi connectivity index (χ4n) is 3.48. The Bertz CT molecular complexity index is 1530. The van der Waals surface area contributed by atoms with Crippen molar-refractivity contribution in [3.8, 4) is 5.75 Å². The van der Waals surface area contributed by atoms with Gasteiger partial charge in [-0.2, -0.15) is 13.2 Å². The van der Waals surface area contributed by atoms with Gasteiger partial charge in [0.15, 0.2) is 10.8 Å². The van der Waals surface area contributed by atoms with Crippen molar-refractivity contribution < 1.29 is 66.4 Å². The number of carboxylic acid groups (broad SMARTS) is 3. The van der Waals surface area contributed by atoms with E-state index in [1.54, 1.807) is 0 Å². The van der Waals surface area contributed by atoms with Gasteiger partial charge < -0.3 is 35.9 Å². The lowest BCUT2D eigenvalue weighted by atomic mass is 10.0. The maximum absolute atomic E-state index is 13.4. The van der Waals surface area contributed by atoms with Gasteiger partial charge >= 0.3 is 24.1 Å². The van der Waals surface area contributed by atoms with Crippen molar-refractivity contribution in [2.45, 2.75) is 17.6 Å². The molecule has 2 aliphatic rings. The minimum Gasteiger partial charge on any atom is -0.489 e. The van der Waals surface area contributed by atoms with Crippen LogP contribution in [0.2, 0.25) is 0 Å². The number of nitrogens with two attached hydrogens (primary N) is 1. The maximum atomic E-state index is 13.4. The lowest BCUT2D eigenvalue weighted by molar-refractivity contribution is -0.192. The number of carbonyl (C=O) groups excluding carboxylic acids is 2. The Morgan fingerprint density at radius 2 is 1.89 bits per heavy atom. The number of alkyl halides is 3. The molecule has 1 aromatic heterocycles. The molecule has 0 spiro atoms. The predicted molar refractivity (Wildman–Crippen MR) is 142 cm³/mol. The van der Waals surface area contributed by atoms with Gasteiger partial charge in [-0.3, -0.25) is 14.5 Å². The molecule has 2 aromatic rings. The number of hydrogen-bond acceptors (Lipinski definition) is 12. The monoisotopic (exact) mass is 665 g/mol. The zero-order chi connectivity index (χ0) is 32.8. The van der Waals surface area contributed by atoms with E-state index in [1.807, 2.05) is 0 Å². The Morgan fingerprint density at radius 3 is 2.43 bits per heavy atom. The first kappa shape index (κ1) is 33.6. The minimum atomic E-state index is -5.08. The van der Waals surface area contributed by atoms with Crippen molar-refractivity contribution in [2.24, 2.45) is 5.16 Å². The number of carbonyl (C=O) groups is 5. The van der Waals surface area contributed by atoms with E-state index in [2.05, 4.69) is 20.3 Å². The number of nitrogens with one attached hydrogen (secondary N) is 1. The van der Waals surface area contributed by atoms with Gasteiger partial charge in [-0.1, -0.05) is 11.2 Å². The molecule has 2 amide bonds. The van der Waals surface area contributed by atoms with Crippen molar-refractivity contribution in [3.05, 3.63) is 52.4 Å². The van der Waals surface area contributed by atoms with Crippen LogP contribution in [-0.2, 0) is 28.8 Å². The molecule has 0 bridgehead atoms. The van der Waals surface area contributed by atoms with Gasteiger partial charge in [-0.05, 0) is 12.1 Å². The van der Waals surface area contributed by atoms with Crippen molar-refractivity contribution in [1.29, 1.82) is 0 Å². The van der Waals surface area contributed by atoms with E-state index in [0.29, 0.717) is 5.57 Å². The van der Waals surface area contributed by atoms with Crippen LogP contribution in [-0.4, -0.2) is 97.2 Å². The number of rotatable bonds is 10. The van der Waals surface area contributed by atoms with E-state index in [4.69, 9.17) is 25.5 Å². The normalized spacial score (nSPS) is 17.9. The first-order valence-corrected chi connectivity index (χ1v) is 13.6. The molecule has 2 aliphatic heterocycles. The van der Waals surface area contributed by atoms with Gasteiger partial charge in [0.05, 0.1) is 0 Å². The number of halogens is 4. The molecule has 21 heteroatoms. The summed E-state index contributed by atoms with van der Waals surface area (Å²) in [7, 11) is 0. The first-order chi connectivity index (χ1) is 20.6. The Morgan fingerprint density at radius 1 is 1.20 bits per heavy atom. The van der Waals surface area contributed by atoms with Crippen LogP contribution in [0.1, 0.15) is 5.69 Å². The summed E-state index contributed by atoms with van der Waals surface area (Å²) in [5.41, 5.74) is 5.23. The number of oxime groups is 1. The molecule has 15 nitrogen and oxygen atoms in total. The van der Waals surface area contributed by atoms with Crippen LogP contribution < -0.4 is 15.8 Å². The Hall–Kier alpha value is -4.92. The van der Waals surface area contributed by atoms with Crippen molar-refractivity contribution in [3.63, 3.8) is 0 Å². The van der Waals surface area contributed by atoms with Crippen LogP contribution in [0.15, 0.2) is 46.1 Å². The number of amides is 2. The number of anilines is 1. The van der Waals surface area contributed by atoms with Gasteiger partial charge in [0.1, 0.15) is 41.0 Å². The third-order valence-corrected chi connectivity index (χ3v) is 7.33. The van der Waals surface area contributed by atoms with E-state index in [-0.39, 0.29) is 34.6 Å². The fourth-order valence-corrected chi connectivity index (χ4v) is 5.36. The summed E-state index contributed by atoms with van der Waals surface area (Å²) in [6.07, 6.45) is -5.08. The summed E-state index contributed by atoms with van der Waals surface area (Å²) in [4.78, 5) is 67.1. The predicted octanol–water partition coefficient (Wildman–Crippen LogP) is 1.12. The molecule has 1 unspecified atom stereocenters. The minimum absolute atomic E-state index is 0.00761. The van der Waals surface area contributed by atoms with E-state index in [9.17, 15) is 41.8 Å². The van der Waals surface area contributed by atoms with Gasteiger partial charge in [0.25, 0.3) is 11.8 Å². The molecule has 1 aromatic carbocycles. The lowest BCUT2D eigenvalue weighted by Crippen LogP contribution is -2.71. The third kappa shape index (κ3) is 8.34. The number of carboxylic acids is 3. The smallest absolute Gasteiger partial charge is 0.489 e. The summed E-state index contributed by atoms with van der Waals surface area (Å²) in [6.45, 7) is -1.01. The molecule has 4 rings (SSSR count). The standard InChI is InChI=1S/C21H18FN5O8S2.C2HF3O2/c22-10-2-1-3-11(4-10)34-5-9-7-36-19-15(18(31)27(19)16(9)20(32)33)25-17(30)14(26-35-6-13(28)29)12-8-37-21(23)24-12;3-2(4,5)1(6)7/h1-4,8,15,19H,5-7H2,(H2,23,24)(H,25,30)(H,28,29)(H,32,33);(H,6,7)/b26-14+;/t15?,19-;/m1./s1. The van der Waals surface area contributed by atoms with Crippen LogP contribution in [0.5, 0.6) is 5.75 Å². The first-order valence-electron chi connectivity index (χ1n) is 11.6. The second kappa shape index (κ2) is 14.0. The van der Waals surface area contributed by atoms with Crippen molar-refractivity contribution in [1.82, 2.24) is 15.2 Å². The average Bonchev–Trinajstić information content (AvgIpc) is 3.37. The molecule has 1 fully saturated rings. The number of benzene rings is 1. The number of thiazole rings is 1. The molecule has 0 radical (unpaired) electrons. The lowest BCUT2D eigenvalue weighted by Gasteiger charge is -2.49. The summed E-state index contributed by atoms with van der Waals surface area (Å²) in [5.74, 6) is -7.17. The zero-order valence-corrected chi connectivity index (χ0v) is 23.2. The maximum Gasteiger partial charge on any atom is 0.490 e. The molecule has 1 saturated heterocycles. The summed E-state index contributed by atoms with van der Waals surface area (Å²) in [6, 6.07) is 4.24. The third-order valence-electron chi connectivity index (χ3n) is 5.31. The Labute approximate surface area is 250 Å². The largest absolute Gasteiger partial charge is 0.490 e. The fraction of sp³-hybridized carbons (Fsp3) is 0.261. The van der Waals surface area contributed by atoms with E-state index in [0.717, 1.165) is 22.3 Å². The van der Waals surface area contributed by atoms with Gasteiger partial charge in [-0.15, -0.1) is 23.1 Å². The molecular weight excluding hydrogens is 646 g/mol. The van der Waals surface area contributed by atoms with Crippen LogP contribution in [0.3, 0.4) is 0 Å². The quantitative estimate of drug-likeness (QED) is 0.104. The van der Waals surface area contributed by atoms with Gasteiger partial charge in [-0.25, -0.2) is 23.8 Å². The highest BCUT2D eigenvalue weighted by Gasteiger charge is 2.54. The van der Waals surface area contributed by atoms with E-state index < -0.39 is 65.5 Å². The average molecular weight is 666 g/mol. The highest BCUT2D eigenvalue weighted by atomic mass is 32.2. The highest BCUT2D eigenvalue weighted by molar-refractivity contribution is 8.00. The van der Waals surface area contributed by atoms with Crippen molar-refractivity contribution in [2.75, 3.05) is 24.7 Å². The molecule has 2 atom stereocenters. The Balaban J connectivity index is 0.000000676. The van der Waals surface area contributed by atoms with Crippen molar-refractivity contribution >= 4 is 63.7 Å². The summed E-state index contributed by atoms with van der Waals surface area (Å²) in [5, 5.41) is 32.4. The van der Waals surface area contributed by atoms with Crippen LogP contribution in [0.25, 0.3) is 0 Å². The number of aliphatic carboxylic acids is 3. The number of nitrogen functional groups attached to an aromatic ring is 1. The van der Waals surface area contributed by atoms with Gasteiger partial charge in [0, 0.05) is 22.8 Å². The second-order valence-electron chi connectivity index (χ2n) is 8.35. The number of hydrogen-bond donors (Lipinski definition) is 5. The number of β-lactam (4-membered cyclic amide) rings is 1.